The van der Waals surface area contributed by atoms with Crippen LogP contribution in [0.15, 0.2) is 18.2 Å². The third kappa shape index (κ3) is 2.93. The van der Waals surface area contributed by atoms with Crippen molar-refractivity contribution in [2.24, 2.45) is 0 Å². The number of hydrogen-bond acceptors (Lipinski definition) is 3. The minimum absolute atomic E-state index is 0.0702. The van der Waals surface area contributed by atoms with E-state index in [4.69, 9.17) is 5.73 Å². The number of pyridine rings is 1. The number of hydrogen-bond donors (Lipinski definition) is 2. The van der Waals surface area contributed by atoms with Gasteiger partial charge in [-0.3, -0.25) is 0 Å². The maximum absolute atomic E-state index is 5.57. The molecule has 0 fully saturated rings. The first-order chi connectivity index (χ1) is 6.03. The Kier molecular flexibility index (Phi) is 2.76. The van der Waals surface area contributed by atoms with Crippen LogP contribution in [0.1, 0.15) is 27.2 Å². The second-order valence-corrected chi connectivity index (χ2v) is 3.81. The highest BCUT2D eigenvalue weighted by Gasteiger charge is 2.14. The van der Waals surface area contributed by atoms with E-state index in [2.05, 4.69) is 31.1 Å². The molecule has 1 aromatic rings. The zero-order chi connectivity index (χ0) is 9.90. The molecule has 3 nitrogen and oxygen atoms in total. The molecule has 3 heteroatoms. The van der Waals surface area contributed by atoms with Gasteiger partial charge in [0.1, 0.15) is 11.6 Å². The molecule has 0 bridgehead atoms. The summed E-state index contributed by atoms with van der Waals surface area (Å²) in [6.45, 7) is 6.41. The van der Waals surface area contributed by atoms with E-state index < -0.39 is 0 Å². The molecule has 0 aliphatic heterocycles. The smallest absolute Gasteiger partial charge is 0.128 e. The van der Waals surface area contributed by atoms with Crippen molar-refractivity contribution >= 4 is 11.6 Å². The Bertz CT molecular complexity index is 281. The maximum Gasteiger partial charge on any atom is 0.128 e. The summed E-state index contributed by atoms with van der Waals surface area (Å²) < 4.78 is 0. The van der Waals surface area contributed by atoms with Crippen LogP contribution in [0.25, 0.3) is 0 Å². The molecule has 0 unspecified atom stereocenters. The van der Waals surface area contributed by atoms with Crippen molar-refractivity contribution in [1.82, 2.24) is 4.98 Å². The largest absolute Gasteiger partial charge is 0.384 e. The van der Waals surface area contributed by atoms with Crippen LogP contribution in [0.4, 0.5) is 11.6 Å². The van der Waals surface area contributed by atoms with Crippen molar-refractivity contribution in [3.8, 4) is 0 Å². The van der Waals surface area contributed by atoms with Crippen molar-refractivity contribution < 1.29 is 0 Å². The van der Waals surface area contributed by atoms with Crippen molar-refractivity contribution in [3.63, 3.8) is 0 Å². The predicted molar refractivity (Wildman–Crippen MR) is 56.6 cm³/mol. The Morgan fingerprint density at radius 3 is 2.69 bits per heavy atom. The average molecular weight is 179 g/mol. The first kappa shape index (κ1) is 9.84. The summed E-state index contributed by atoms with van der Waals surface area (Å²) in [7, 11) is 0. The van der Waals surface area contributed by atoms with Crippen LogP contribution in [0.5, 0.6) is 0 Å². The van der Waals surface area contributed by atoms with Crippen LogP contribution < -0.4 is 11.1 Å². The van der Waals surface area contributed by atoms with E-state index in [0.29, 0.717) is 5.82 Å². The Hall–Kier alpha value is -1.25. The van der Waals surface area contributed by atoms with Gasteiger partial charge in [0.15, 0.2) is 0 Å². The van der Waals surface area contributed by atoms with Gasteiger partial charge in [-0.1, -0.05) is 13.0 Å². The van der Waals surface area contributed by atoms with E-state index in [1.54, 1.807) is 6.07 Å². The maximum atomic E-state index is 5.57. The Labute approximate surface area is 79.4 Å². The molecule has 0 amide bonds. The number of nitrogens with one attached hydrogen (secondary N) is 1. The Morgan fingerprint density at radius 2 is 2.15 bits per heavy atom. The van der Waals surface area contributed by atoms with Gasteiger partial charge in [0.25, 0.3) is 0 Å². The quantitative estimate of drug-likeness (QED) is 0.748. The third-order valence-corrected chi connectivity index (χ3v) is 2.12. The van der Waals surface area contributed by atoms with Gasteiger partial charge >= 0.3 is 0 Å². The van der Waals surface area contributed by atoms with Crippen molar-refractivity contribution in [2.75, 3.05) is 11.1 Å². The number of rotatable bonds is 3. The molecule has 1 heterocycles. The monoisotopic (exact) mass is 179 g/mol. The summed E-state index contributed by atoms with van der Waals surface area (Å²) in [4.78, 5) is 4.17. The summed E-state index contributed by atoms with van der Waals surface area (Å²) in [6.07, 6.45) is 1.05. The molecular formula is C10H17N3. The van der Waals surface area contributed by atoms with E-state index in [0.717, 1.165) is 12.2 Å². The number of nitrogens with zero attached hydrogens (tertiary/aromatic N) is 1. The number of nitrogens with two attached hydrogens (primary N) is 1. The predicted octanol–water partition coefficient (Wildman–Crippen LogP) is 2.26. The summed E-state index contributed by atoms with van der Waals surface area (Å²) in [5.74, 6) is 1.39. The highest BCUT2D eigenvalue weighted by Crippen LogP contribution is 2.16. The minimum Gasteiger partial charge on any atom is -0.384 e. The molecule has 1 rings (SSSR count). The first-order valence-electron chi connectivity index (χ1n) is 4.54. The zero-order valence-electron chi connectivity index (χ0n) is 8.46. The molecular weight excluding hydrogens is 162 g/mol. The first-order valence-corrected chi connectivity index (χ1v) is 4.54. The van der Waals surface area contributed by atoms with Gasteiger partial charge in [0.2, 0.25) is 0 Å². The molecule has 0 radical (unpaired) electrons. The minimum atomic E-state index is 0.0702. The summed E-state index contributed by atoms with van der Waals surface area (Å²) in [5.41, 5.74) is 5.64. The Balaban J connectivity index is 2.74. The molecule has 0 atom stereocenters. The van der Waals surface area contributed by atoms with E-state index in [1.807, 2.05) is 12.1 Å². The number of aromatic nitrogens is 1. The molecule has 0 aliphatic rings. The fourth-order valence-electron chi connectivity index (χ4n) is 0.956. The van der Waals surface area contributed by atoms with Crippen LogP contribution >= 0.6 is 0 Å². The van der Waals surface area contributed by atoms with E-state index in [1.165, 1.54) is 0 Å². The molecule has 0 aliphatic carbocycles. The van der Waals surface area contributed by atoms with Gasteiger partial charge in [-0.05, 0) is 32.4 Å². The van der Waals surface area contributed by atoms with Gasteiger partial charge < -0.3 is 11.1 Å². The van der Waals surface area contributed by atoms with Crippen LogP contribution in [-0.2, 0) is 0 Å². The molecule has 0 spiro atoms. The fourth-order valence-corrected chi connectivity index (χ4v) is 0.956. The van der Waals surface area contributed by atoms with E-state index in [-0.39, 0.29) is 5.54 Å². The third-order valence-electron chi connectivity index (χ3n) is 2.12. The number of nitrogen functional groups attached to an aromatic ring is 1. The van der Waals surface area contributed by atoms with Crippen LogP contribution in [-0.4, -0.2) is 10.5 Å². The lowest BCUT2D eigenvalue weighted by Crippen LogP contribution is -2.30. The standard InChI is InChI=1S/C10H17N3/c1-4-10(2,3)13-9-7-5-6-8(11)12-9/h5-7H,4H2,1-3H3,(H3,11,12,13). The molecule has 1 aromatic heterocycles. The van der Waals surface area contributed by atoms with Gasteiger partial charge in [0.05, 0.1) is 0 Å². The molecule has 0 saturated heterocycles. The van der Waals surface area contributed by atoms with Crippen LogP contribution in [0.3, 0.4) is 0 Å². The molecule has 13 heavy (non-hydrogen) atoms. The highest BCUT2D eigenvalue weighted by molar-refractivity contribution is 5.43. The van der Waals surface area contributed by atoms with Gasteiger partial charge in [-0.15, -0.1) is 0 Å². The van der Waals surface area contributed by atoms with E-state index in [9.17, 15) is 0 Å². The normalized spacial score (nSPS) is 11.3. The van der Waals surface area contributed by atoms with Crippen molar-refractivity contribution in [1.29, 1.82) is 0 Å². The summed E-state index contributed by atoms with van der Waals surface area (Å²) in [5, 5.41) is 3.32. The van der Waals surface area contributed by atoms with E-state index >= 15 is 0 Å². The molecule has 72 valence electrons. The summed E-state index contributed by atoms with van der Waals surface area (Å²) >= 11 is 0. The second-order valence-electron chi connectivity index (χ2n) is 3.81. The van der Waals surface area contributed by atoms with Crippen molar-refractivity contribution in [2.45, 2.75) is 32.7 Å². The SMILES string of the molecule is CCC(C)(C)Nc1cccc(N)n1. The van der Waals surface area contributed by atoms with Gasteiger partial charge in [-0.2, -0.15) is 0 Å². The average Bonchev–Trinajstić information content (AvgIpc) is 2.03. The zero-order valence-corrected chi connectivity index (χ0v) is 8.46. The number of anilines is 2. The summed E-state index contributed by atoms with van der Waals surface area (Å²) in [6, 6.07) is 5.61. The highest BCUT2D eigenvalue weighted by atomic mass is 15.1. The lowest BCUT2D eigenvalue weighted by atomic mass is 10.0. The van der Waals surface area contributed by atoms with Crippen molar-refractivity contribution in [3.05, 3.63) is 18.2 Å². The fraction of sp³-hybridized carbons (Fsp3) is 0.500. The lowest BCUT2D eigenvalue weighted by molar-refractivity contribution is 0.545. The topological polar surface area (TPSA) is 50.9 Å². The molecule has 0 aromatic carbocycles. The van der Waals surface area contributed by atoms with Crippen LogP contribution in [0, 0.1) is 0 Å². The van der Waals surface area contributed by atoms with Gasteiger partial charge in [-0.25, -0.2) is 4.98 Å². The Morgan fingerprint density at radius 1 is 1.46 bits per heavy atom. The second kappa shape index (κ2) is 3.64. The van der Waals surface area contributed by atoms with Gasteiger partial charge in [0, 0.05) is 5.54 Å². The van der Waals surface area contributed by atoms with Crippen LogP contribution in [0.2, 0.25) is 0 Å². The molecule has 0 saturated carbocycles. The molecule has 3 N–H and O–H groups in total. The lowest BCUT2D eigenvalue weighted by Gasteiger charge is -2.25.